The molecule has 1 aromatic carbocycles. The Hall–Kier alpha value is -1.45. The van der Waals surface area contributed by atoms with Crippen LogP contribution in [0.15, 0.2) is 35.3 Å². The fourth-order valence-electron chi connectivity index (χ4n) is 2.24. The standard InChI is InChI=1S/C14H15NO2/c1-2-4-13(14-16-9-10-17-14)12(3-1)11-5-7-15-8-6-11/h1-5,8,14H,6-7,9-10H2. The maximum atomic E-state index is 5.59. The summed E-state index contributed by atoms with van der Waals surface area (Å²) in [5, 5.41) is 0. The highest BCUT2D eigenvalue weighted by Gasteiger charge is 2.22. The topological polar surface area (TPSA) is 30.8 Å². The van der Waals surface area contributed by atoms with E-state index in [1.807, 2.05) is 12.3 Å². The second-order valence-corrected chi connectivity index (χ2v) is 4.14. The Morgan fingerprint density at radius 3 is 2.71 bits per heavy atom. The molecule has 0 aliphatic carbocycles. The average molecular weight is 229 g/mol. The molecular formula is C14H15NO2. The third-order valence-electron chi connectivity index (χ3n) is 3.07. The Balaban J connectivity index is 1.95. The Bertz CT molecular complexity index is 459. The molecule has 0 N–H and O–H groups in total. The summed E-state index contributed by atoms with van der Waals surface area (Å²) in [5.74, 6) is 0. The van der Waals surface area contributed by atoms with Gasteiger partial charge >= 0.3 is 0 Å². The van der Waals surface area contributed by atoms with Gasteiger partial charge in [-0.05, 0) is 11.1 Å². The number of ether oxygens (including phenoxy) is 2. The SMILES string of the molecule is C1=NCC=C(c2ccccc2C2OCCO2)C1. The number of hydrogen-bond acceptors (Lipinski definition) is 3. The molecule has 2 aliphatic rings. The molecule has 0 saturated carbocycles. The molecule has 1 fully saturated rings. The minimum atomic E-state index is -0.203. The van der Waals surface area contributed by atoms with Crippen LogP contribution in [0.1, 0.15) is 23.8 Å². The lowest BCUT2D eigenvalue weighted by Gasteiger charge is -2.17. The van der Waals surface area contributed by atoms with Crippen LogP contribution in [0, 0.1) is 0 Å². The third-order valence-corrected chi connectivity index (χ3v) is 3.07. The van der Waals surface area contributed by atoms with Gasteiger partial charge in [0, 0.05) is 18.2 Å². The van der Waals surface area contributed by atoms with Crippen LogP contribution in [0.25, 0.3) is 5.57 Å². The molecule has 88 valence electrons. The Kier molecular flexibility index (Phi) is 3.03. The summed E-state index contributed by atoms with van der Waals surface area (Å²) in [6.07, 6.45) is 4.84. The van der Waals surface area contributed by atoms with Crippen LogP contribution in [0.2, 0.25) is 0 Å². The largest absolute Gasteiger partial charge is 0.346 e. The molecule has 2 heterocycles. The molecule has 1 saturated heterocycles. The second-order valence-electron chi connectivity index (χ2n) is 4.14. The van der Waals surface area contributed by atoms with Gasteiger partial charge in [0.1, 0.15) is 0 Å². The maximum Gasteiger partial charge on any atom is 0.184 e. The number of hydrogen-bond donors (Lipinski definition) is 0. The third kappa shape index (κ3) is 2.16. The summed E-state index contributed by atoms with van der Waals surface area (Å²) in [7, 11) is 0. The zero-order chi connectivity index (χ0) is 11.5. The Morgan fingerprint density at radius 1 is 1.12 bits per heavy atom. The van der Waals surface area contributed by atoms with Crippen LogP contribution < -0.4 is 0 Å². The Labute approximate surface area is 101 Å². The van der Waals surface area contributed by atoms with Crippen molar-refractivity contribution in [1.82, 2.24) is 0 Å². The highest BCUT2D eigenvalue weighted by Crippen LogP contribution is 2.31. The quantitative estimate of drug-likeness (QED) is 0.780. The van der Waals surface area contributed by atoms with E-state index in [0.717, 1.165) is 18.5 Å². The van der Waals surface area contributed by atoms with Gasteiger partial charge in [-0.3, -0.25) is 4.99 Å². The molecule has 3 rings (SSSR count). The summed E-state index contributed by atoms with van der Waals surface area (Å²) in [5.41, 5.74) is 3.67. The number of rotatable bonds is 2. The molecule has 2 aliphatic heterocycles. The normalized spacial score (nSPS) is 20.6. The first-order valence-corrected chi connectivity index (χ1v) is 5.95. The van der Waals surface area contributed by atoms with Crippen molar-refractivity contribution in [2.45, 2.75) is 12.7 Å². The van der Waals surface area contributed by atoms with Gasteiger partial charge in [0.05, 0.1) is 19.8 Å². The van der Waals surface area contributed by atoms with Crippen molar-refractivity contribution in [2.75, 3.05) is 19.8 Å². The van der Waals surface area contributed by atoms with Crippen molar-refractivity contribution < 1.29 is 9.47 Å². The van der Waals surface area contributed by atoms with E-state index in [1.54, 1.807) is 0 Å². The molecule has 0 aromatic heterocycles. The zero-order valence-electron chi connectivity index (χ0n) is 9.63. The predicted octanol–water partition coefficient (Wildman–Crippen LogP) is 2.59. The molecular weight excluding hydrogens is 214 g/mol. The van der Waals surface area contributed by atoms with E-state index < -0.39 is 0 Å². The average Bonchev–Trinajstić information content (AvgIpc) is 2.94. The molecule has 0 amide bonds. The van der Waals surface area contributed by atoms with Crippen molar-refractivity contribution in [1.29, 1.82) is 0 Å². The lowest BCUT2D eigenvalue weighted by atomic mass is 9.96. The van der Waals surface area contributed by atoms with Gasteiger partial charge in [-0.15, -0.1) is 0 Å². The van der Waals surface area contributed by atoms with Crippen LogP contribution in [-0.4, -0.2) is 26.0 Å². The van der Waals surface area contributed by atoms with Crippen molar-refractivity contribution >= 4 is 11.8 Å². The van der Waals surface area contributed by atoms with E-state index in [4.69, 9.17) is 9.47 Å². The smallest absolute Gasteiger partial charge is 0.184 e. The number of benzene rings is 1. The lowest BCUT2D eigenvalue weighted by Crippen LogP contribution is -2.04. The lowest BCUT2D eigenvalue weighted by molar-refractivity contribution is -0.0442. The number of nitrogens with zero attached hydrogens (tertiary/aromatic N) is 1. The van der Waals surface area contributed by atoms with E-state index in [-0.39, 0.29) is 6.29 Å². The number of dihydropyridines is 1. The fraction of sp³-hybridized carbons (Fsp3) is 0.357. The predicted molar refractivity (Wildman–Crippen MR) is 67.0 cm³/mol. The van der Waals surface area contributed by atoms with E-state index in [0.29, 0.717) is 13.2 Å². The van der Waals surface area contributed by atoms with Gasteiger partial charge in [-0.2, -0.15) is 0 Å². The van der Waals surface area contributed by atoms with Crippen LogP contribution in [0.5, 0.6) is 0 Å². The maximum absolute atomic E-state index is 5.59. The number of allylic oxidation sites excluding steroid dienone is 1. The van der Waals surface area contributed by atoms with Gasteiger partial charge < -0.3 is 9.47 Å². The van der Waals surface area contributed by atoms with Gasteiger partial charge in [0.2, 0.25) is 0 Å². The van der Waals surface area contributed by atoms with Crippen LogP contribution in [-0.2, 0) is 9.47 Å². The summed E-state index contributed by atoms with van der Waals surface area (Å²) in [4.78, 5) is 4.22. The van der Waals surface area contributed by atoms with Crippen molar-refractivity contribution in [3.63, 3.8) is 0 Å². The minimum absolute atomic E-state index is 0.203. The summed E-state index contributed by atoms with van der Waals surface area (Å²) in [6, 6.07) is 8.30. The molecule has 0 spiro atoms. The van der Waals surface area contributed by atoms with Crippen LogP contribution in [0.3, 0.4) is 0 Å². The van der Waals surface area contributed by atoms with Crippen molar-refractivity contribution in [3.8, 4) is 0 Å². The molecule has 0 radical (unpaired) electrons. The monoisotopic (exact) mass is 229 g/mol. The van der Waals surface area contributed by atoms with Crippen LogP contribution in [0.4, 0.5) is 0 Å². The van der Waals surface area contributed by atoms with E-state index in [9.17, 15) is 0 Å². The molecule has 0 atom stereocenters. The summed E-state index contributed by atoms with van der Waals surface area (Å²) < 4.78 is 11.2. The summed E-state index contributed by atoms with van der Waals surface area (Å²) in [6.45, 7) is 2.13. The highest BCUT2D eigenvalue weighted by molar-refractivity contribution is 5.82. The molecule has 3 nitrogen and oxygen atoms in total. The van der Waals surface area contributed by atoms with Gasteiger partial charge in [0.25, 0.3) is 0 Å². The highest BCUT2D eigenvalue weighted by atomic mass is 16.7. The van der Waals surface area contributed by atoms with Crippen molar-refractivity contribution in [2.24, 2.45) is 4.99 Å². The van der Waals surface area contributed by atoms with Crippen LogP contribution >= 0.6 is 0 Å². The van der Waals surface area contributed by atoms with Gasteiger partial charge in [-0.1, -0.05) is 30.3 Å². The molecule has 1 aromatic rings. The van der Waals surface area contributed by atoms with Gasteiger partial charge in [0.15, 0.2) is 6.29 Å². The zero-order valence-corrected chi connectivity index (χ0v) is 9.63. The Morgan fingerprint density at radius 2 is 1.94 bits per heavy atom. The van der Waals surface area contributed by atoms with Gasteiger partial charge in [-0.25, -0.2) is 0 Å². The molecule has 17 heavy (non-hydrogen) atoms. The minimum Gasteiger partial charge on any atom is -0.346 e. The summed E-state index contributed by atoms with van der Waals surface area (Å²) >= 11 is 0. The van der Waals surface area contributed by atoms with E-state index in [2.05, 4.69) is 29.3 Å². The molecule has 3 heteroatoms. The first-order chi connectivity index (χ1) is 8.45. The molecule has 0 bridgehead atoms. The molecule has 0 unspecified atom stereocenters. The fourth-order valence-corrected chi connectivity index (χ4v) is 2.24. The van der Waals surface area contributed by atoms with E-state index >= 15 is 0 Å². The first-order valence-electron chi connectivity index (χ1n) is 5.95. The first kappa shape index (κ1) is 10.7. The van der Waals surface area contributed by atoms with Crippen molar-refractivity contribution in [3.05, 3.63) is 41.5 Å². The van der Waals surface area contributed by atoms with E-state index in [1.165, 1.54) is 11.1 Å². The second kappa shape index (κ2) is 4.82. The number of aliphatic imine (C=N–C) groups is 1.